The van der Waals surface area contributed by atoms with Crippen LogP contribution in [-0.4, -0.2) is 24.7 Å². The summed E-state index contributed by atoms with van der Waals surface area (Å²) >= 11 is 0. The highest BCUT2D eigenvalue weighted by atomic mass is 16.5. The van der Waals surface area contributed by atoms with Gasteiger partial charge in [-0.05, 0) is 51.9 Å². The molecule has 3 atom stereocenters. The minimum atomic E-state index is 0.00544. The highest BCUT2D eigenvalue weighted by Gasteiger charge is 2.34. The van der Waals surface area contributed by atoms with Gasteiger partial charge in [0.05, 0.1) is 12.5 Å². The smallest absolute Gasteiger partial charge is 0.308 e. The molecule has 0 aromatic heterocycles. The van der Waals surface area contributed by atoms with Crippen molar-refractivity contribution in [1.29, 1.82) is 0 Å². The molecule has 0 bridgehead atoms. The van der Waals surface area contributed by atoms with Crippen molar-refractivity contribution in [2.75, 3.05) is 6.61 Å². The molecular formula is C13H23NO2. The summed E-state index contributed by atoms with van der Waals surface area (Å²) in [5, 5.41) is 3.66. The average molecular weight is 225 g/mol. The number of esters is 1. The van der Waals surface area contributed by atoms with Crippen LogP contribution in [0.2, 0.25) is 0 Å². The van der Waals surface area contributed by atoms with Crippen LogP contribution >= 0.6 is 0 Å². The molecular weight excluding hydrogens is 202 g/mol. The van der Waals surface area contributed by atoms with E-state index >= 15 is 0 Å². The summed E-state index contributed by atoms with van der Waals surface area (Å²) in [6, 6.07) is 1.16. The van der Waals surface area contributed by atoms with Crippen molar-refractivity contribution in [2.24, 2.45) is 11.8 Å². The lowest BCUT2D eigenvalue weighted by Crippen LogP contribution is -2.36. The van der Waals surface area contributed by atoms with Crippen molar-refractivity contribution in [1.82, 2.24) is 5.32 Å². The van der Waals surface area contributed by atoms with E-state index in [1.165, 1.54) is 12.8 Å². The molecule has 92 valence electrons. The molecule has 0 spiro atoms. The summed E-state index contributed by atoms with van der Waals surface area (Å²) in [6.07, 6.45) is 5.84. The first-order chi connectivity index (χ1) is 7.70. The van der Waals surface area contributed by atoms with Gasteiger partial charge in [-0.25, -0.2) is 0 Å². The number of ether oxygens (including phenoxy) is 1. The third-order valence-electron chi connectivity index (χ3n) is 3.88. The van der Waals surface area contributed by atoms with Crippen LogP contribution in [0, 0.1) is 11.8 Å². The molecule has 1 N–H and O–H groups in total. The maximum absolute atomic E-state index is 11.6. The normalized spacial score (nSPS) is 31.4. The summed E-state index contributed by atoms with van der Waals surface area (Å²) in [7, 11) is 0. The zero-order valence-electron chi connectivity index (χ0n) is 10.4. The summed E-state index contributed by atoms with van der Waals surface area (Å²) < 4.78 is 5.07. The standard InChI is InChI=1S/C13H23NO2/c1-3-16-13(15)11-6-7-12(8-11)14-9(2)10-4-5-10/h9-12,14H,3-8H2,1-2H3. The third kappa shape index (κ3) is 2.97. The Morgan fingerprint density at radius 1 is 1.38 bits per heavy atom. The zero-order valence-corrected chi connectivity index (χ0v) is 10.4. The molecule has 0 heterocycles. The van der Waals surface area contributed by atoms with Gasteiger partial charge in [0.15, 0.2) is 0 Å². The van der Waals surface area contributed by atoms with Gasteiger partial charge in [-0.1, -0.05) is 0 Å². The lowest BCUT2D eigenvalue weighted by molar-refractivity contribution is -0.147. The van der Waals surface area contributed by atoms with Gasteiger partial charge in [0, 0.05) is 12.1 Å². The topological polar surface area (TPSA) is 38.3 Å². The van der Waals surface area contributed by atoms with Crippen molar-refractivity contribution in [3.05, 3.63) is 0 Å². The SMILES string of the molecule is CCOC(=O)C1CCC(NC(C)C2CC2)C1. The van der Waals surface area contributed by atoms with Crippen LogP contribution in [0.1, 0.15) is 46.0 Å². The number of rotatable bonds is 5. The van der Waals surface area contributed by atoms with Crippen LogP contribution in [0.5, 0.6) is 0 Å². The van der Waals surface area contributed by atoms with Gasteiger partial charge in [0.25, 0.3) is 0 Å². The second kappa shape index (κ2) is 5.17. The van der Waals surface area contributed by atoms with Crippen molar-refractivity contribution in [3.63, 3.8) is 0 Å². The molecule has 2 aliphatic rings. The van der Waals surface area contributed by atoms with E-state index in [4.69, 9.17) is 4.74 Å². The molecule has 0 radical (unpaired) electrons. The first kappa shape index (κ1) is 11.9. The summed E-state index contributed by atoms with van der Waals surface area (Å²) in [6.45, 7) is 4.65. The number of hydrogen-bond acceptors (Lipinski definition) is 3. The molecule has 2 fully saturated rings. The van der Waals surface area contributed by atoms with Crippen LogP contribution in [0.3, 0.4) is 0 Å². The third-order valence-corrected chi connectivity index (χ3v) is 3.88. The van der Waals surface area contributed by atoms with Crippen LogP contribution in [0.4, 0.5) is 0 Å². The molecule has 0 aliphatic heterocycles. The highest BCUT2D eigenvalue weighted by molar-refractivity contribution is 5.72. The van der Waals surface area contributed by atoms with Gasteiger partial charge < -0.3 is 10.1 Å². The molecule has 0 aromatic carbocycles. The second-order valence-electron chi connectivity index (χ2n) is 5.25. The van der Waals surface area contributed by atoms with Crippen molar-refractivity contribution < 1.29 is 9.53 Å². The largest absolute Gasteiger partial charge is 0.466 e. The van der Waals surface area contributed by atoms with Gasteiger partial charge in [-0.3, -0.25) is 4.79 Å². The fourth-order valence-corrected chi connectivity index (χ4v) is 2.71. The molecule has 3 unspecified atom stereocenters. The minimum Gasteiger partial charge on any atom is -0.466 e. The monoisotopic (exact) mass is 225 g/mol. The molecule has 0 saturated heterocycles. The minimum absolute atomic E-state index is 0.00544. The van der Waals surface area contributed by atoms with Crippen LogP contribution in [0.25, 0.3) is 0 Å². The molecule has 0 aromatic rings. The predicted molar refractivity (Wildman–Crippen MR) is 63.1 cm³/mol. The van der Waals surface area contributed by atoms with Gasteiger partial charge in [0.1, 0.15) is 0 Å². The first-order valence-electron chi connectivity index (χ1n) is 6.63. The second-order valence-corrected chi connectivity index (χ2v) is 5.25. The van der Waals surface area contributed by atoms with E-state index in [1.807, 2.05) is 6.92 Å². The highest BCUT2D eigenvalue weighted by Crippen LogP contribution is 2.34. The fourth-order valence-electron chi connectivity index (χ4n) is 2.71. The molecule has 0 amide bonds. The van der Waals surface area contributed by atoms with Crippen molar-refractivity contribution >= 4 is 5.97 Å². The summed E-state index contributed by atoms with van der Waals surface area (Å²) in [5.74, 6) is 1.04. The maximum Gasteiger partial charge on any atom is 0.308 e. The Balaban J connectivity index is 1.72. The summed E-state index contributed by atoms with van der Waals surface area (Å²) in [4.78, 5) is 11.6. The van der Waals surface area contributed by atoms with Crippen molar-refractivity contribution in [3.8, 4) is 0 Å². The van der Waals surface area contributed by atoms with Gasteiger partial charge >= 0.3 is 5.97 Å². The Kier molecular flexibility index (Phi) is 3.85. The Bertz CT molecular complexity index is 250. The maximum atomic E-state index is 11.6. The fraction of sp³-hybridized carbons (Fsp3) is 0.923. The Morgan fingerprint density at radius 3 is 2.75 bits per heavy atom. The molecule has 2 rings (SSSR count). The van der Waals surface area contributed by atoms with E-state index < -0.39 is 0 Å². The molecule has 2 saturated carbocycles. The quantitative estimate of drug-likeness (QED) is 0.728. The van der Waals surface area contributed by atoms with Crippen molar-refractivity contribution in [2.45, 2.75) is 58.0 Å². The van der Waals surface area contributed by atoms with E-state index in [0.29, 0.717) is 18.7 Å². The van der Waals surface area contributed by atoms with Gasteiger partial charge in [0.2, 0.25) is 0 Å². The Labute approximate surface area is 97.9 Å². The molecule has 16 heavy (non-hydrogen) atoms. The number of nitrogens with one attached hydrogen (secondary N) is 1. The van der Waals surface area contributed by atoms with E-state index in [-0.39, 0.29) is 11.9 Å². The Hall–Kier alpha value is -0.570. The van der Waals surface area contributed by atoms with E-state index in [0.717, 1.165) is 25.2 Å². The Morgan fingerprint density at radius 2 is 2.12 bits per heavy atom. The molecule has 2 aliphatic carbocycles. The lowest BCUT2D eigenvalue weighted by Gasteiger charge is -2.19. The van der Waals surface area contributed by atoms with E-state index in [1.54, 1.807) is 0 Å². The number of carbonyl (C=O) groups excluding carboxylic acids is 1. The number of carbonyl (C=O) groups is 1. The summed E-state index contributed by atoms with van der Waals surface area (Å²) in [5.41, 5.74) is 0. The van der Waals surface area contributed by atoms with Gasteiger partial charge in [-0.2, -0.15) is 0 Å². The lowest BCUT2D eigenvalue weighted by atomic mass is 10.1. The van der Waals surface area contributed by atoms with Crippen LogP contribution in [-0.2, 0) is 9.53 Å². The molecule has 3 heteroatoms. The predicted octanol–water partition coefficient (Wildman–Crippen LogP) is 2.11. The molecule has 3 nitrogen and oxygen atoms in total. The average Bonchev–Trinajstić information content (AvgIpc) is 3.00. The number of hydrogen-bond donors (Lipinski definition) is 1. The zero-order chi connectivity index (χ0) is 11.5. The van der Waals surface area contributed by atoms with Crippen LogP contribution < -0.4 is 5.32 Å². The van der Waals surface area contributed by atoms with Gasteiger partial charge in [-0.15, -0.1) is 0 Å². The van der Waals surface area contributed by atoms with E-state index in [2.05, 4.69) is 12.2 Å². The van der Waals surface area contributed by atoms with E-state index in [9.17, 15) is 4.79 Å². The van der Waals surface area contributed by atoms with Crippen LogP contribution in [0.15, 0.2) is 0 Å². The first-order valence-corrected chi connectivity index (χ1v) is 6.63.